The van der Waals surface area contributed by atoms with Gasteiger partial charge in [-0.2, -0.15) is 0 Å². The molecule has 4 rings (SSSR count). The Morgan fingerprint density at radius 2 is 1.85 bits per heavy atom. The largest absolute Gasteiger partial charge is 0.457 e. The molecule has 0 radical (unpaired) electrons. The number of benzene rings is 1. The van der Waals surface area contributed by atoms with E-state index in [0.717, 1.165) is 44.3 Å². The number of nitrogens with zero attached hydrogens (tertiary/aromatic N) is 2. The summed E-state index contributed by atoms with van der Waals surface area (Å²) in [5.74, 6) is -1.04. The maximum Gasteiger partial charge on any atom is 0.409 e. The molecule has 1 aromatic rings. The number of epoxide rings is 1. The second-order valence-electron chi connectivity index (χ2n) is 18.9. The maximum atomic E-state index is 14.3. The summed E-state index contributed by atoms with van der Waals surface area (Å²) >= 11 is 6.83. The Labute approximate surface area is 408 Å². The number of alkyl carbamates (subject to hydrolysis) is 1. The van der Waals surface area contributed by atoms with Gasteiger partial charge >= 0.3 is 12.1 Å². The Balaban J connectivity index is 1.44. The molecule has 0 saturated carbocycles. The Kier molecular flexibility index (Phi) is 21.0. The van der Waals surface area contributed by atoms with Crippen LogP contribution < -0.4 is 10.2 Å². The van der Waals surface area contributed by atoms with E-state index < -0.39 is 59.8 Å². The number of rotatable bonds is 19. The third-order valence-electron chi connectivity index (χ3n) is 13.7. The van der Waals surface area contributed by atoms with Crippen LogP contribution in [0.25, 0.3) is 0 Å². The number of hydrogen-bond acceptors (Lipinski definition) is 12. The fraction of sp³-hybridized carbons (Fsp3) is 0.694. The fourth-order valence-corrected chi connectivity index (χ4v) is 12.5. The molecule has 3 heterocycles. The van der Waals surface area contributed by atoms with Gasteiger partial charge in [0.15, 0.2) is 5.72 Å². The lowest BCUT2D eigenvalue weighted by Gasteiger charge is -2.42. The van der Waals surface area contributed by atoms with Crippen molar-refractivity contribution in [2.24, 2.45) is 5.92 Å². The normalized spacial score (nSPS) is 28.4. The van der Waals surface area contributed by atoms with Gasteiger partial charge in [0.05, 0.1) is 23.2 Å². The lowest BCUT2D eigenvalue weighted by Crippen LogP contribution is -2.63. The van der Waals surface area contributed by atoms with Gasteiger partial charge in [0.25, 0.3) is 0 Å². The number of ether oxygens (including phenoxy) is 4. The van der Waals surface area contributed by atoms with Gasteiger partial charge in [0.1, 0.15) is 35.7 Å². The number of aryl methyl sites for hydroxylation is 1. The summed E-state index contributed by atoms with van der Waals surface area (Å²) in [6.07, 6.45) is 7.71. The highest BCUT2D eigenvalue weighted by Gasteiger charge is 2.64. The van der Waals surface area contributed by atoms with Crippen molar-refractivity contribution in [2.45, 2.75) is 179 Å². The molecule has 3 amide bonds. The number of carbonyl (C=O) groups excluding carboxylic acids is 5. The van der Waals surface area contributed by atoms with Crippen LogP contribution >= 0.6 is 41.8 Å². The van der Waals surface area contributed by atoms with Crippen molar-refractivity contribution in [3.8, 4) is 0 Å². The first-order valence-corrected chi connectivity index (χ1v) is 27.3. The predicted octanol–water partition coefficient (Wildman–Crippen LogP) is 9.36. The molecular weight excluding hydrogens is 921 g/mol. The van der Waals surface area contributed by atoms with Gasteiger partial charge in [-0.3, -0.25) is 19.7 Å². The number of fused-ring (bicyclic) bond motifs is 5. The molecule has 13 nitrogen and oxygen atoms in total. The molecule has 3 aliphatic rings. The average Bonchev–Trinajstić information content (AvgIpc) is 3.98. The number of nitrogens with one attached hydrogen (secondary N) is 1. The van der Waals surface area contributed by atoms with E-state index in [0.29, 0.717) is 46.7 Å². The lowest BCUT2D eigenvalue weighted by atomic mass is 9.83. The molecule has 2 unspecified atom stereocenters. The number of allylic oxidation sites excluding steroid dienone is 3. The monoisotopic (exact) mass is 995 g/mol. The molecule has 0 aliphatic carbocycles. The number of anilines is 1. The molecule has 4 bridgehead atoms. The standard InChI is InChI=1S/C49H75ClN3O10PS2/c1-13-47(8,14-2)64-23-16-18-36(54)21-20-32(5)66-65-24-22-41(55)52(10)34(7)45(57)62-40-28-42(56)53(11)37-27-35(26-31(4)43(37)50)25-30(3)17-15-19-39(60-12)49(59)29-38(61-46(58)51-49)33(6)44-48(40,9)63-44/h15,17,19,26-27,32-34,38-40,44,59,64H,13-14,16,18,20-25,28-29H2,1-12H3,(H,51,58)/b19-15+,30-17+/t32?,33-,34+,38+,39-,40+,44+,48+,49+/m1/s1. The van der Waals surface area contributed by atoms with E-state index in [-0.39, 0.29) is 36.3 Å². The zero-order valence-corrected chi connectivity index (χ0v) is 44.5. The van der Waals surface area contributed by atoms with Crippen molar-refractivity contribution in [2.75, 3.05) is 38.0 Å². The van der Waals surface area contributed by atoms with Gasteiger partial charge in [-0.1, -0.05) is 97.7 Å². The lowest BCUT2D eigenvalue weighted by molar-refractivity contribution is -0.162. The molecular formula is C49H75ClN3O10PS2. The summed E-state index contributed by atoms with van der Waals surface area (Å²) in [6.45, 7) is 17.9. The molecule has 66 heavy (non-hydrogen) atoms. The first-order valence-electron chi connectivity index (χ1n) is 23.3. The molecule has 2 N–H and O–H groups in total. The van der Waals surface area contributed by atoms with Crippen LogP contribution in [0.2, 0.25) is 5.02 Å². The number of Topliss-reactive ketones (excluding diaryl/α,β-unsaturated/α-hetero) is 1. The van der Waals surface area contributed by atoms with Gasteiger partial charge < -0.3 is 33.9 Å². The minimum Gasteiger partial charge on any atom is -0.457 e. The van der Waals surface area contributed by atoms with Gasteiger partial charge in [-0.25, -0.2) is 9.59 Å². The van der Waals surface area contributed by atoms with Gasteiger partial charge in [-0.15, -0.1) is 8.58 Å². The van der Waals surface area contributed by atoms with Crippen molar-refractivity contribution < 1.29 is 48.0 Å². The Bertz CT molecular complexity index is 1950. The van der Waals surface area contributed by atoms with Crippen LogP contribution in [0.1, 0.15) is 124 Å². The van der Waals surface area contributed by atoms with E-state index >= 15 is 0 Å². The van der Waals surface area contributed by atoms with E-state index in [2.05, 4.69) is 33.0 Å². The number of hydrogen-bond donors (Lipinski definition) is 2. The van der Waals surface area contributed by atoms with Crippen LogP contribution in [0.15, 0.2) is 35.9 Å². The summed E-state index contributed by atoms with van der Waals surface area (Å²) in [6, 6.07) is 2.83. The summed E-state index contributed by atoms with van der Waals surface area (Å²) < 4.78 is 23.9. The number of esters is 1. The van der Waals surface area contributed by atoms with Crippen LogP contribution in [0, 0.1) is 12.8 Å². The van der Waals surface area contributed by atoms with Gasteiger partial charge in [0.2, 0.25) is 11.8 Å². The minimum atomic E-state index is -1.82. The number of aliphatic hydroxyl groups is 1. The summed E-state index contributed by atoms with van der Waals surface area (Å²) in [5.41, 5.74) is 0.117. The van der Waals surface area contributed by atoms with E-state index in [1.54, 1.807) is 61.7 Å². The fourth-order valence-electron chi connectivity index (χ4n) is 8.44. The number of carbonyl (C=O) groups is 5. The Morgan fingerprint density at radius 1 is 1.15 bits per heavy atom. The summed E-state index contributed by atoms with van der Waals surface area (Å²) in [5, 5.41) is 15.4. The number of methoxy groups -OCH3 is 1. The molecule has 17 heteroatoms. The van der Waals surface area contributed by atoms with Gasteiger partial charge in [-0.05, 0) is 88.3 Å². The van der Waals surface area contributed by atoms with E-state index in [1.165, 1.54) is 29.8 Å². The molecule has 10 atom stereocenters. The van der Waals surface area contributed by atoms with Crippen LogP contribution in [0.5, 0.6) is 0 Å². The van der Waals surface area contributed by atoms with Crippen LogP contribution in [0.3, 0.4) is 0 Å². The minimum absolute atomic E-state index is 0.0468. The SMILES string of the molecule is CCC(C)(CC)PCCCC(=O)CCC(C)SSCCC(=O)N(C)[C@@H](C)C(=O)O[C@H]1CC(=O)N(C)c2cc(cc(C)c2Cl)C/C(C)=C/C=C/[C@@H](OC)[C@@]2(O)C[C@H](OC(=O)N2)[C@@H](C)[C@@H]2O[C@@]12C. The number of likely N-dealkylation sites (N-methyl/N-ethyl adjacent to an activating group) is 1. The summed E-state index contributed by atoms with van der Waals surface area (Å²) in [4.78, 5) is 70.0. The van der Waals surface area contributed by atoms with Crippen molar-refractivity contribution in [3.05, 3.63) is 52.1 Å². The van der Waals surface area contributed by atoms with Crippen LogP contribution in [-0.4, -0.2) is 125 Å². The maximum absolute atomic E-state index is 14.3. The van der Waals surface area contributed by atoms with Crippen molar-refractivity contribution in [1.29, 1.82) is 0 Å². The van der Waals surface area contributed by atoms with Crippen LogP contribution in [-0.2, 0) is 44.5 Å². The third-order valence-corrected chi connectivity index (χ3v) is 19.3. The van der Waals surface area contributed by atoms with Crippen molar-refractivity contribution in [1.82, 2.24) is 10.2 Å². The predicted molar refractivity (Wildman–Crippen MR) is 269 cm³/mol. The molecule has 2 saturated heterocycles. The third kappa shape index (κ3) is 14.9. The Morgan fingerprint density at radius 3 is 2.52 bits per heavy atom. The molecule has 1 aromatic carbocycles. The number of ketones is 1. The smallest absolute Gasteiger partial charge is 0.409 e. The second-order valence-corrected chi connectivity index (χ2v) is 24.2. The highest BCUT2D eigenvalue weighted by molar-refractivity contribution is 8.76. The highest BCUT2D eigenvalue weighted by Crippen LogP contribution is 2.49. The van der Waals surface area contributed by atoms with E-state index in [9.17, 15) is 29.1 Å². The topological polar surface area (TPSA) is 164 Å². The zero-order valence-electron chi connectivity index (χ0n) is 41.1. The number of amides is 3. The first-order chi connectivity index (χ1) is 31.0. The van der Waals surface area contributed by atoms with Crippen LogP contribution in [0.4, 0.5) is 10.5 Å². The Hall–Kier alpha value is -2.65. The quantitative estimate of drug-likeness (QED) is 0.0445. The summed E-state index contributed by atoms with van der Waals surface area (Å²) in [7, 11) is 8.75. The van der Waals surface area contributed by atoms with E-state index in [1.807, 2.05) is 39.0 Å². The highest BCUT2D eigenvalue weighted by atomic mass is 35.5. The van der Waals surface area contributed by atoms with Crippen molar-refractivity contribution >= 4 is 77.1 Å². The molecule has 370 valence electrons. The van der Waals surface area contributed by atoms with E-state index in [4.69, 9.17) is 30.5 Å². The number of halogens is 1. The van der Waals surface area contributed by atoms with Gasteiger partial charge in [0, 0.05) is 63.8 Å². The average molecular weight is 997 g/mol. The molecule has 3 aliphatic heterocycles. The van der Waals surface area contributed by atoms with Crippen molar-refractivity contribution in [3.63, 3.8) is 0 Å². The molecule has 0 aromatic heterocycles. The molecule has 0 spiro atoms. The molecule has 2 fully saturated rings. The first kappa shape index (κ1) is 55.9. The second kappa shape index (κ2) is 24.8. The zero-order chi connectivity index (χ0) is 49.1.